The zero-order valence-corrected chi connectivity index (χ0v) is 10.7. The van der Waals surface area contributed by atoms with Gasteiger partial charge in [-0.15, -0.1) is 0 Å². The van der Waals surface area contributed by atoms with Crippen molar-refractivity contribution in [1.82, 2.24) is 4.98 Å². The lowest BCUT2D eigenvalue weighted by molar-refractivity contribution is 0.411. The molecule has 1 aromatic heterocycles. The molecule has 0 aliphatic carbocycles. The Balaban J connectivity index is 1.84. The van der Waals surface area contributed by atoms with Gasteiger partial charge >= 0.3 is 0 Å². The van der Waals surface area contributed by atoms with Crippen LogP contribution in [0.15, 0.2) is 42.6 Å². The third-order valence-corrected chi connectivity index (χ3v) is 3.86. The SMILES string of the molecule is c1ccc2c(c1)CCc1ncccc1N2C[C@@H]1CO1. The van der Waals surface area contributed by atoms with Crippen molar-refractivity contribution in [1.29, 1.82) is 0 Å². The van der Waals surface area contributed by atoms with Crippen molar-refractivity contribution in [3.8, 4) is 0 Å². The molecule has 0 saturated carbocycles. The third-order valence-electron chi connectivity index (χ3n) is 3.86. The number of benzene rings is 1. The number of epoxide rings is 1. The first-order valence-electron chi connectivity index (χ1n) is 6.83. The fourth-order valence-corrected chi connectivity index (χ4v) is 2.81. The van der Waals surface area contributed by atoms with Crippen LogP contribution >= 0.6 is 0 Å². The number of hydrogen-bond acceptors (Lipinski definition) is 3. The smallest absolute Gasteiger partial charge is 0.0988 e. The first-order chi connectivity index (χ1) is 9.42. The van der Waals surface area contributed by atoms with Gasteiger partial charge in [0.05, 0.1) is 30.6 Å². The van der Waals surface area contributed by atoms with E-state index in [0.717, 1.165) is 26.0 Å². The normalized spacial score (nSPS) is 20.4. The monoisotopic (exact) mass is 252 g/mol. The molecule has 4 rings (SSSR count). The molecular formula is C16H16N2O. The maximum Gasteiger partial charge on any atom is 0.0988 e. The van der Waals surface area contributed by atoms with Crippen molar-refractivity contribution in [2.24, 2.45) is 0 Å². The van der Waals surface area contributed by atoms with Gasteiger partial charge in [-0.05, 0) is 36.6 Å². The van der Waals surface area contributed by atoms with Gasteiger partial charge in [0, 0.05) is 11.9 Å². The third kappa shape index (κ3) is 2.00. The minimum Gasteiger partial charge on any atom is -0.371 e. The summed E-state index contributed by atoms with van der Waals surface area (Å²) in [5.74, 6) is 0. The number of anilines is 2. The molecule has 19 heavy (non-hydrogen) atoms. The second kappa shape index (κ2) is 4.35. The van der Waals surface area contributed by atoms with Crippen molar-refractivity contribution in [2.45, 2.75) is 18.9 Å². The van der Waals surface area contributed by atoms with Crippen LogP contribution in [0.5, 0.6) is 0 Å². The molecule has 0 amide bonds. The van der Waals surface area contributed by atoms with E-state index in [2.05, 4.69) is 40.2 Å². The van der Waals surface area contributed by atoms with E-state index >= 15 is 0 Å². The number of aryl methyl sites for hydroxylation is 2. The van der Waals surface area contributed by atoms with Crippen LogP contribution in [0.25, 0.3) is 0 Å². The van der Waals surface area contributed by atoms with E-state index in [-0.39, 0.29) is 0 Å². The lowest BCUT2D eigenvalue weighted by Crippen LogP contribution is -2.23. The zero-order chi connectivity index (χ0) is 12.7. The largest absolute Gasteiger partial charge is 0.371 e. The molecular weight excluding hydrogens is 236 g/mol. The van der Waals surface area contributed by atoms with Crippen molar-refractivity contribution in [3.63, 3.8) is 0 Å². The second-order valence-electron chi connectivity index (χ2n) is 5.16. The van der Waals surface area contributed by atoms with E-state index < -0.39 is 0 Å². The summed E-state index contributed by atoms with van der Waals surface area (Å²) in [7, 11) is 0. The lowest BCUT2D eigenvalue weighted by Gasteiger charge is -2.25. The van der Waals surface area contributed by atoms with E-state index in [4.69, 9.17) is 4.74 Å². The van der Waals surface area contributed by atoms with Crippen LogP contribution in [0, 0.1) is 0 Å². The maximum atomic E-state index is 5.42. The van der Waals surface area contributed by atoms with Crippen LogP contribution in [0.4, 0.5) is 11.4 Å². The van der Waals surface area contributed by atoms with Gasteiger partial charge in [-0.3, -0.25) is 4.98 Å². The van der Waals surface area contributed by atoms with Crippen LogP contribution < -0.4 is 4.90 Å². The molecule has 96 valence electrons. The average Bonchev–Trinajstić information content (AvgIpc) is 3.28. The van der Waals surface area contributed by atoms with Gasteiger partial charge in [-0.25, -0.2) is 0 Å². The summed E-state index contributed by atoms with van der Waals surface area (Å²) >= 11 is 0. The number of para-hydroxylation sites is 1. The fraction of sp³-hybridized carbons (Fsp3) is 0.312. The number of hydrogen-bond donors (Lipinski definition) is 0. The van der Waals surface area contributed by atoms with Gasteiger partial charge in [0.25, 0.3) is 0 Å². The summed E-state index contributed by atoms with van der Waals surface area (Å²) in [5.41, 5.74) is 5.15. The van der Waals surface area contributed by atoms with Crippen LogP contribution in [-0.4, -0.2) is 24.2 Å². The highest BCUT2D eigenvalue weighted by Gasteiger charge is 2.29. The first kappa shape index (κ1) is 11.0. The minimum absolute atomic E-state index is 0.374. The molecule has 3 heteroatoms. The van der Waals surface area contributed by atoms with E-state index in [1.54, 1.807) is 0 Å². The van der Waals surface area contributed by atoms with Gasteiger partial charge in [-0.2, -0.15) is 0 Å². The Labute approximate surface area is 112 Å². The summed E-state index contributed by atoms with van der Waals surface area (Å²) in [5, 5.41) is 0. The topological polar surface area (TPSA) is 28.7 Å². The number of fused-ring (bicyclic) bond motifs is 2. The van der Waals surface area contributed by atoms with Gasteiger partial charge < -0.3 is 9.64 Å². The van der Waals surface area contributed by atoms with Gasteiger partial charge in [0.15, 0.2) is 0 Å². The molecule has 2 aliphatic heterocycles. The Bertz CT molecular complexity index is 560. The molecule has 0 spiro atoms. The Morgan fingerprint density at radius 3 is 2.84 bits per heavy atom. The van der Waals surface area contributed by atoms with Crippen LogP contribution in [0.1, 0.15) is 11.3 Å². The molecule has 0 N–H and O–H groups in total. The fourth-order valence-electron chi connectivity index (χ4n) is 2.81. The number of pyridine rings is 1. The predicted molar refractivity (Wildman–Crippen MR) is 74.8 cm³/mol. The van der Waals surface area contributed by atoms with Gasteiger partial charge in [0.1, 0.15) is 0 Å². The highest BCUT2D eigenvalue weighted by molar-refractivity contribution is 5.70. The van der Waals surface area contributed by atoms with Crippen molar-refractivity contribution < 1.29 is 4.74 Å². The number of aromatic nitrogens is 1. The van der Waals surface area contributed by atoms with Gasteiger partial charge in [-0.1, -0.05) is 18.2 Å². The second-order valence-corrected chi connectivity index (χ2v) is 5.16. The summed E-state index contributed by atoms with van der Waals surface area (Å²) in [6.45, 7) is 1.81. The molecule has 1 aromatic carbocycles. The zero-order valence-electron chi connectivity index (χ0n) is 10.7. The molecule has 2 aromatic rings. The predicted octanol–water partition coefficient (Wildman–Crippen LogP) is 2.72. The number of rotatable bonds is 2. The quantitative estimate of drug-likeness (QED) is 0.769. The van der Waals surface area contributed by atoms with E-state index in [1.165, 1.54) is 22.6 Å². The Morgan fingerprint density at radius 2 is 1.95 bits per heavy atom. The average molecular weight is 252 g/mol. The molecule has 1 atom stereocenters. The first-order valence-corrected chi connectivity index (χ1v) is 6.83. The maximum absolute atomic E-state index is 5.42. The van der Waals surface area contributed by atoms with Crippen molar-refractivity contribution >= 4 is 11.4 Å². The van der Waals surface area contributed by atoms with Crippen LogP contribution in [-0.2, 0) is 17.6 Å². The highest BCUT2D eigenvalue weighted by Crippen LogP contribution is 2.36. The van der Waals surface area contributed by atoms with E-state index in [9.17, 15) is 0 Å². The molecule has 3 heterocycles. The lowest BCUT2D eigenvalue weighted by atomic mass is 10.1. The molecule has 0 unspecified atom stereocenters. The summed E-state index contributed by atoms with van der Waals surface area (Å²) in [6.07, 6.45) is 4.33. The minimum atomic E-state index is 0.374. The molecule has 2 aliphatic rings. The molecule has 0 radical (unpaired) electrons. The standard InChI is InChI=1S/C16H16N2O/c1-2-5-15-12(4-1)7-8-14-16(6-3-9-17-14)18(15)10-13-11-19-13/h1-6,9,13H,7-8,10-11H2/t13-/m1/s1. The number of ether oxygens (including phenoxy) is 1. The van der Waals surface area contributed by atoms with Gasteiger partial charge in [0.2, 0.25) is 0 Å². The summed E-state index contributed by atoms with van der Waals surface area (Å²) in [6, 6.07) is 12.9. The van der Waals surface area contributed by atoms with Crippen LogP contribution in [0.2, 0.25) is 0 Å². The van der Waals surface area contributed by atoms with E-state index in [0.29, 0.717) is 6.10 Å². The summed E-state index contributed by atoms with van der Waals surface area (Å²) in [4.78, 5) is 6.94. The Hall–Kier alpha value is -1.87. The summed E-state index contributed by atoms with van der Waals surface area (Å²) < 4.78 is 5.42. The molecule has 1 saturated heterocycles. The highest BCUT2D eigenvalue weighted by atomic mass is 16.6. The Kier molecular flexibility index (Phi) is 2.52. The van der Waals surface area contributed by atoms with Crippen LogP contribution in [0.3, 0.4) is 0 Å². The Morgan fingerprint density at radius 1 is 1.11 bits per heavy atom. The van der Waals surface area contributed by atoms with Crippen molar-refractivity contribution in [3.05, 3.63) is 53.9 Å². The molecule has 0 bridgehead atoms. The van der Waals surface area contributed by atoms with Crippen molar-refractivity contribution in [2.75, 3.05) is 18.1 Å². The molecule has 1 fully saturated rings. The number of nitrogens with zero attached hydrogens (tertiary/aromatic N) is 2. The molecule has 3 nitrogen and oxygen atoms in total. The van der Waals surface area contributed by atoms with E-state index in [1.807, 2.05) is 12.3 Å².